The molecule has 2 aromatic rings. The lowest BCUT2D eigenvalue weighted by molar-refractivity contribution is 0.0690. The summed E-state index contributed by atoms with van der Waals surface area (Å²) in [6.45, 7) is 1.85. The molecule has 1 N–H and O–H groups in total. The van der Waals surface area contributed by atoms with Crippen LogP contribution in [0.25, 0.3) is 10.6 Å². The Labute approximate surface area is 102 Å². The van der Waals surface area contributed by atoms with E-state index in [-0.39, 0.29) is 11.5 Å². The minimum absolute atomic E-state index is 0.0238. The summed E-state index contributed by atoms with van der Waals surface area (Å²) in [5.41, 5.74) is 0.371. The first-order valence-corrected chi connectivity index (χ1v) is 5.93. The van der Waals surface area contributed by atoms with E-state index in [1.54, 1.807) is 18.2 Å². The zero-order valence-corrected chi connectivity index (χ0v) is 9.92. The summed E-state index contributed by atoms with van der Waals surface area (Å²) in [5.74, 6) is -1.46. The van der Waals surface area contributed by atoms with E-state index in [2.05, 4.69) is 4.98 Å². The first-order valence-electron chi connectivity index (χ1n) is 5.11. The van der Waals surface area contributed by atoms with Crippen LogP contribution >= 0.6 is 11.3 Å². The quantitative estimate of drug-likeness (QED) is 0.911. The normalized spacial score (nSPS) is 10.5. The monoisotopic (exact) mass is 251 g/mol. The highest BCUT2D eigenvalue weighted by molar-refractivity contribution is 7.15. The van der Waals surface area contributed by atoms with Crippen LogP contribution in [0.2, 0.25) is 0 Å². The Hall–Kier alpha value is -1.75. The van der Waals surface area contributed by atoms with E-state index in [1.807, 2.05) is 6.92 Å². The van der Waals surface area contributed by atoms with Crippen LogP contribution in [-0.2, 0) is 6.42 Å². The number of nitrogens with zero attached hydrogens (tertiary/aromatic N) is 1. The topological polar surface area (TPSA) is 50.2 Å². The molecule has 0 aliphatic heterocycles. The van der Waals surface area contributed by atoms with E-state index in [0.29, 0.717) is 21.9 Å². The highest BCUT2D eigenvalue weighted by Crippen LogP contribution is 2.30. The number of hydrogen-bond acceptors (Lipinski definition) is 3. The molecule has 0 unspecified atom stereocenters. The smallest absolute Gasteiger partial charge is 0.355 e. The molecule has 3 nitrogen and oxygen atoms in total. The summed E-state index contributed by atoms with van der Waals surface area (Å²) < 4.78 is 13.5. The van der Waals surface area contributed by atoms with Crippen LogP contribution in [0, 0.1) is 5.82 Å². The Kier molecular flexibility index (Phi) is 3.19. The third-order valence-electron chi connectivity index (χ3n) is 2.33. The van der Waals surface area contributed by atoms with Crippen molar-refractivity contribution >= 4 is 17.3 Å². The Bertz CT molecular complexity index is 565. The van der Waals surface area contributed by atoms with E-state index in [0.717, 1.165) is 0 Å². The Balaban J connectivity index is 2.54. The molecule has 0 aliphatic rings. The van der Waals surface area contributed by atoms with E-state index < -0.39 is 5.97 Å². The van der Waals surface area contributed by atoms with Crippen molar-refractivity contribution in [1.82, 2.24) is 4.98 Å². The van der Waals surface area contributed by atoms with Crippen LogP contribution in [0.3, 0.4) is 0 Å². The number of carboxylic acid groups (broad SMARTS) is 1. The fraction of sp³-hybridized carbons (Fsp3) is 0.167. The van der Waals surface area contributed by atoms with Crippen molar-refractivity contribution in [3.8, 4) is 10.6 Å². The number of hydrogen-bond donors (Lipinski definition) is 1. The van der Waals surface area contributed by atoms with E-state index in [1.165, 1.54) is 17.4 Å². The molecular formula is C12H10FNO2S. The van der Waals surface area contributed by atoms with Crippen molar-refractivity contribution in [2.24, 2.45) is 0 Å². The molecule has 5 heteroatoms. The molecule has 0 aliphatic carbocycles. The van der Waals surface area contributed by atoms with Gasteiger partial charge in [-0.1, -0.05) is 19.1 Å². The molecule has 1 aromatic heterocycles. The highest BCUT2D eigenvalue weighted by atomic mass is 32.1. The molecular weight excluding hydrogens is 241 g/mol. The number of benzene rings is 1. The first kappa shape index (κ1) is 11.7. The number of carboxylic acids is 1. The van der Waals surface area contributed by atoms with Gasteiger partial charge in [-0.3, -0.25) is 0 Å². The van der Waals surface area contributed by atoms with Crippen LogP contribution < -0.4 is 0 Å². The summed E-state index contributed by atoms with van der Waals surface area (Å²) in [6.07, 6.45) is 0.577. The number of aryl methyl sites for hydroxylation is 1. The van der Waals surface area contributed by atoms with Gasteiger partial charge in [-0.05, 0) is 18.6 Å². The van der Waals surface area contributed by atoms with E-state index in [4.69, 9.17) is 5.11 Å². The molecule has 0 bridgehead atoms. The van der Waals surface area contributed by atoms with Gasteiger partial charge in [-0.2, -0.15) is 0 Å². The van der Waals surface area contributed by atoms with Gasteiger partial charge in [0.2, 0.25) is 0 Å². The maximum atomic E-state index is 13.5. The largest absolute Gasteiger partial charge is 0.476 e. The number of aromatic carboxylic acids is 1. The second kappa shape index (κ2) is 4.63. The van der Waals surface area contributed by atoms with Gasteiger partial charge in [-0.15, -0.1) is 11.3 Å². The maximum Gasteiger partial charge on any atom is 0.355 e. The van der Waals surface area contributed by atoms with Crippen molar-refractivity contribution < 1.29 is 14.3 Å². The average molecular weight is 251 g/mol. The Morgan fingerprint density at radius 1 is 1.47 bits per heavy atom. The first-order chi connectivity index (χ1) is 8.13. The number of carbonyl (C=O) groups is 1. The van der Waals surface area contributed by atoms with Crippen LogP contribution in [-0.4, -0.2) is 16.1 Å². The van der Waals surface area contributed by atoms with Gasteiger partial charge >= 0.3 is 5.97 Å². The summed E-state index contributed by atoms with van der Waals surface area (Å²) in [6, 6.07) is 6.22. The number of rotatable bonds is 3. The second-order valence-electron chi connectivity index (χ2n) is 3.43. The van der Waals surface area contributed by atoms with Gasteiger partial charge in [0, 0.05) is 10.4 Å². The third kappa shape index (κ3) is 2.19. The molecule has 0 spiro atoms. The van der Waals surface area contributed by atoms with Crippen molar-refractivity contribution in [2.45, 2.75) is 13.3 Å². The summed E-state index contributed by atoms with van der Waals surface area (Å²) in [5, 5.41) is 9.39. The van der Waals surface area contributed by atoms with Gasteiger partial charge in [0.1, 0.15) is 10.8 Å². The molecule has 0 saturated heterocycles. The number of thiazole rings is 1. The molecule has 2 rings (SSSR count). The van der Waals surface area contributed by atoms with Crippen molar-refractivity contribution in [1.29, 1.82) is 0 Å². The fourth-order valence-corrected chi connectivity index (χ4v) is 2.53. The van der Waals surface area contributed by atoms with Crippen LogP contribution in [0.4, 0.5) is 4.39 Å². The predicted octanol–water partition coefficient (Wildman–Crippen LogP) is 3.21. The third-order valence-corrected chi connectivity index (χ3v) is 3.56. The van der Waals surface area contributed by atoms with Gasteiger partial charge in [0.05, 0.1) is 0 Å². The Morgan fingerprint density at radius 3 is 2.71 bits per heavy atom. The molecule has 0 radical (unpaired) electrons. The van der Waals surface area contributed by atoms with Crippen molar-refractivity contribution in [2.75, 3.05) is 0 Å². The Morgan fingerprint density at radius 2 is 2.18 bits per heavy atom. The van der Waals surface area contributed by atoms with E-state index in [9.17, 15) is 9.18 Å². The van der Waals surface area contributed by atoms with Gasteiger partial charge in [0.15, 0.2) is 5.69 Å². The predicted molar refractivity (Wildman–Crippen MR) is 63.8 cm³/mol. The van der Waals surface area contributed by atoms with Crippen molar-refractivity contribution in [3.05, 3.63) is 40.7 Å². The number of halogens is 1. The summed E-state index contributed by atoms with van der Waals surface area (Å²) in [4.78, 5) is 15.6. The van der Waals surface area contributed by atoms with Gasteiger partial charge < -0.3 is 5.11 Å². The fourth-order valence-electron chi connectivity index (χ4n) is 1.51. The minimum Gasteiger partial charge on any atom is -0.476 e. The molecule has 0 atom stereocenters. The van der Waals surface area contributed by atoms with Gasteiger partial charge in [-0.25, -0.2) is 14.2 Å². The molecule has 0 saturated carbocycles. The zero-order chi connectivity index (χ0) is 12.4. The average Bonchev–Trinajstić information content (AvgIpc) is 2.73. The standard InChI is InChI=1S/C12H10FNO2S/c1-2-9-10(12(15)16)14-11(17-9)7-5-3-4-6-8(7)13/h3-6H,2H2,1H3,(H,15,16). The molecule has 88 valence electrons. The molecule has 1 heterocycles. The van der Waals surface area contributed by atoms with Crippen molar-refractivity contribution in [3.63, 3.8) is 0 Å². The van der Waals surface area contributed by atoms with E-state index >= 15 is 0 Å². The van der Waals surface area contributed by atoms with Crippen LogP contribution in [0.15, 0.2) is 24.3 Å². The SMILES string of the molecule is CCc1sc(-c2ccccc2F)nc1C(=O)O. The maximum absolute atomic E-state index is 13.5. The minimum atomic E-state index is -1.07. The lowest BCUT2D eigenvalue weighted by Gasteiger charge is -1.96. The molecule has 0 fully saturated rings. The lowest BCUT2D eigenvalue weighted by atomic mass is 10.2. The van der Waals surface area contributed by atoms with Crippen LogP contribution in [0.5, 0.6) is 0 Å². The second-order valence-corrected chi connectivity index (χ2v) is 4.51. The summed E-state index contributed by atoms with van der Waals surface area (Å²) >= 11 is 1.22. The summed E-state index contributed by atoms with van der Waals surface area (Å²) in [7, 11) is 0. The molecule has 0 amide bonds. The highest BCUT2D eigenvalue weighted by Gasteiger charge is 2.18. The lowest BCUT2D eigenvalue weighted by Crippen LogP contribution is -2.00. The van der Waals surface area contributed by atoms with Gasteiger partial charge in [0.25, 0.3) is 0 Å². The number of aromatic nitrogens is 1. The molecule has 1 aromatic carbocycles. The zero-order valence-electron chi connectivity index (χ0n) is 9.11. The molecule has 17 heavy (non-hydrogen) atoms. The van der Waals surface area contributed by atoms with Crippen LogP contribution in [0.1, 0.15) is 22.3 Å².